The zero-order valence-electron chi connectivity index (χ0n) is 13.3. The molecule has 2 N–H and O–H groups in total. The van der Waals surface area contributed by atoms with Gasteiger partial charge in [0.25, 0.3) is 0 Å². The van der Waals surface area contributed by atoms with E-state index in [0.717, 1.165) is 11.3 Å². The fraction of sp³-hybridized carbons (Fsp3) is 0.562. The molecule has 0 aliphatic carbocycles. The van der Waals surface area contributed by atoms with E-state index < -0.39 is 0 Å². The van der Waals surface area contributed by atoms with Gasteiger partial charge in [0.15, 0.2) is 0 Å². The number of nitrogens with one attached hydrogen (secondary N) is 2. The lowest BCUT2D eigenvalue weighted by Gasteiger charge is -2.14. The van der Waals surface area contributed by atoms with Gasteiger partial charge in [-0.2, -0.15) is 0 Å². The number of rotatable bonds is 9. The van der Waals surface area contributed by atoms with Gasteiger partial charge in [-0.25, -0.2) is 0 Å². The molecule has 0 heterocycles. The van der Waals surface area contributed by atoms with Crippen LogP contribution in [0.2, 0.25) is 0 Å². The van der Waals surface area contributed by atoms with Gasteiger partial charge in [0.2, 0.25) is 5.91 Å². The van der Waals surface area contributed by atoms with Crippen molar-refractivity contribution in [1.82, 2.24) is 10.6 Å². The van der Waals surface area contributed by atoms with Crippen LogP contribution in [0.15, 0.2) is 24.3 Å². The molecular formula is C16H26N2O3. The molecule has 1 aromatic carbocycles. The highest BCUT2D eigenvalue weighted by Gasteiger charge is 2.11. The highest BCUT2D eigenvalue weighted by Crippen LogP contribution is 2.13. The van der Waals surface area contributed by atoms with Gasteiger partial charge >= 0.3 is 0 Å². The molecule has 0 saturated carbocycles. The maximum absolute atomic E-state index is 11.8. The molecule has 21 heavy (non-hydrogen) atoms. The molecule has 0 aromatic heterocycles. The number of benzene rings is 1. The van der Waals surface area contributed by atoms with Crippen LogP contribution < -0.4 is 15.4 Å². The Morgan fingerprint density at radius 2 is 1.86 bits per heavy atom. The number of hydrogen-bond acceptors (Lipinski definition) is 4. The summed E-state index contributed by atoms with van der Waals surface area (Å²) in [4.78, 5) is 11.8. The van der Waals surface area contributed by atoms with Gasteiger partial charge in [-0.05, 0) is 38.5 Å². The SMILES string of the molecule is COCCNC(=O)C(C)NCc1ccc(OC(C)C)cc1. The van der Waals surface area contributed by atoms with Gasteiger partial charge in [-0.1, -0.05) is 12.1 Å². The Morgan fingerprint density at radius 1 is 1.19 bits per heavy atom. The summed E-state index contributed by atoms with van der Waals surface area (Å²) in [5, 5.41) is 6.00. The second-order valence-corrected chi connectivity index (χ2v) is 5.20. The fourth-order valence-electron chi connectivity index (χ4n) is 1.75. The van der Waals surface area contributed by atoms with Gasteiger partial charge in [0.05, 0.1) is 18.8 Å². The predicted molar refractivity (Wildman–Crippen MR) is 83.4 cm³/mol. The number of carbonyl (C=O) groups is 1. The average Bonchev–Trinajstić information content (AvgIpc) is 2.45. The van der Waals surface area contributed by atoms with Crippen molar-refractivity contribution in [3.05, 3.63) is 29.8 Å². The van der Waals surface area contributed by atoms with E-state index in [1.807, 2.05) is 45.0 Å². The maximum atomic E-state index is 11.8. The molecule has 118 valence electrons. The quantitative estimate of drug-likeness (QED) is 0.681. The van der Waals surface area contributed by atoms with Gasteiger partial charge < -0.3 is 20.1 Å². The summed E-state index contributed by atoms with van der Waals surface area (Å²) in [6.07, 6.45) is 0.171. The normalized spacial score (nSPS) is 12.2. The first kappa shape index (κ1) is 17.5. The van der Waals surface area contributed by atoms with Crippen LogP contribution in [-0.4, -0.2) is 38.3 Å². The second kappa shape index (κ2) is 9.37. The molecule has 0 bridgehead atoms. The molecule has 0 radical (unpaired) electrons. The van der Waals surface area contributed by atoms with Gasteiger partial charge in [0.1, 0.15) is 5.75 Å². The van der Waals surface area contributed by atoms with Gasteiger partial charge in [-0.3, -0.25) is 4.79 Å². The molecule has 1 amide bonds. The number of methoxy groups -OCH3 is 1. The van der Waals surface area contributed by atoms with Gasteiger partial charge in [0, 0.05) is 20.2 Å². The lowest BCUT2D eigenvalue weighted by molar-refractivity contribution is -0.122. The Labute approximate surface area is 127 Å². The minimum absolute atomic E-state index is 0.0215. The van der Waals surface area contributed by atoms with Crippen LogP contribution in [0, 0.1) is 0 Å². The standard InChI is InChI=1S/C16H26N2O3/c1-12(2)21-15-7-5-14(6-8-15)11-18-13(3)16(19)17-9-10-20-4/h5-8,12-13,18H,9-11H2,1-4H3,(H,17,19). The molecule has 5 heteroatoms. The lowest BCUT2D eigenvalue weighted by atomic mass is 10.2. The van der Waals surface area contributed by atoms with Gasteiger partial charge in [-0.15, -0.1) is 0 Å². The summed E-state index contributed by atoms with van der Waals surface area (Å²) in [6.45, 7) is 7.54. The summed E-state index contributed by atoms with van der Waals surface area (Å²) in [5.74, 6) is 0.839. The third kappa shape index (κ3) is 7.11. The Balaban J connectivity index is 2.35. The maximum Gasteiger partial charge on any atom is 0.236 e. The third-order valence-corrected chi connectivity index (χ3v) is 2.91. The molecule has 0 saturated heterocycles. The minimum atomic E-state index is -0.242. The smallest absolute Gasteiger partial charge is 0.236 e. The van der Waals surface area contributed by atoms with Crippen molar-refractivity contribution >= 4 is 5.91 Å². The molecule has 0 fully saturated rings. The van der Waals surface area contributed by atoms with Crippen molar-refractivity contribution in [1.29, 1.82) is 0 Å². The van der Waals surface area contributed by atoms with Crippen molar-refractivity contribution in [3.8, 4) is 5.75 Å². The van der Waals surface area contributed by atoms with Crippen molar-refractivity contribution in [2.24, 2.45) is 0 Å². The van der Waals surface area contributed by atoms with Crippen LogP contribution in [0.5, 0.6) is 5.75 Å². The topological polar surface area (TPSA) is 59.6 Å². The molecule has 1 atom stereocenters. The van der Waals surface area contributed by atoms with Crippen molar-refractivity contribution in [2.45, 2.75) is 39.5 Å². The Kier molecular flexibility index (Phi) is 7.79. The Hall–Kier alpha value is -1.59. The van der Waals surface area contributed by atoms with Crippen LogP contribution in [0.4, 0.5) is 0 Å². The van der Waals surface area contributed by atoms with Crippen LogP contribution in [0.1, 0.15) is 26.3 Å². The molecule has 1 aromatic rings. The second-order valence-electron chi connectivity index (χ2n) is 5.20. The van der Waals surface area contributed by atoms with E-state index in [9.17, 15) is 4.79 Å². The first-order valence-corrected chi connectivity index (χ1v) is 7.28. The molecule has 1 unspecified atom stereocenters. The predicted octanol–water partition coefficient (Wildman–Crippen LogP) is 1.71. The Bertz CT molecular complexity index is 418. The first-order chi connectivity index (χ1) is 10.0. The highest BCUT2D eigenvalue weighted by molar-refractivity contribution is 5.81. The molecule has 0 spiro atoms. The summed E-state index contributed by atoms with van der Waals surface area (Å²) in [7, 11) is 1.61. The van der Waals surface area contributed by atoms with E-state index in [0.29, 0.717) is 19.7 Å². The minimum Gasteiger partial charge on any atom is -0.491 e. The number of carbonyl (C=O) groups excluding carboxylic acids is 1. The van der Waals surface area contributed by atoms with Crippen LogP contribution in [0.3, 0.4) is 0 Å². The zero-order valence-corrected chi connectivity index (χ0v) is 13.3. The summed E-state index contributed by atoms with van der Waals surface area (Å²) < 4.78 is 10.5. The molecule has 1 rings (SSSR count). The highest BCUT2D eigenvalue weighted by atomic mass is 16.5. The first-order valence-electron chi connectivity index (χ1n) is 7.28. The zero-order chi connectivity index (χ0) is 15.7. The molecule has 0 aliphatic heterocycles. The monoisotopic (exact) mass is 294 g/mol. The number of hydrogen-bond donors (Lipinski definition) is 2. The molecule has 5 nitrogen and oxygen atoms in total. The number of amides is 1. The summed E-state index contributed by atoms with van der Waals surface area (Å²) >= 11 is 0. The van der Waals surface area contributed by atoms with E-state index in [1.165, 1.54) is 0 Å². The molecule has 0 aliphatic rings. The number of ether oxygens (including phenoxy) is 2. The van der Waals surface area contributed by atoms with E-state index >= 15 is 0 Å². The van der Waals surface area contributed by atoms with Crippen LogP contribution in [0.25, 0.3) is 0 Å². The summed E-state index contributed by atoms with van der Waals surface area (Å²) in [6, 6.07) is 7.65. The van der Waals surface area contributed by atoms with E-state index in [-0.39, 0.29) is 18.1 Å². The van der Waals surface area contributed by atoms with Crippen molar-refractivity contribution in [3.63, 3.8) is 0 Å². The fourth-order valence-corrected chi connectivity index (χ4v) is 1.75. The van der Waals surface area contributed by atoms with E-state index in [1.54, 1.807) is 7.11 Å². The Morgan fingerprint density at radius 3 is 2.43 bits per heavy atom. The molecular weight excluding hydrogens is 268 g/mol. The van der Waals surface area contributed by atoms with E-state index in [4.69, 9.17) is 9.47 Å². The van der Waals surface area contributed by atoms with Crippen LogP contribution in [-0.2, 0) is 16.1 Å². The average molecular weight is 294 g/mol. The summed E-state index contributed by atoms with van der Waals surface area (Å²) in [5.41, 5.74) is 1.11. The van der Waals surface area contributed by atoms with Crippen LogP contribution >= 0.6 is 0 Å². The van der Waals surface area contributed by atoms with Crippen molar-refractivity contribution in [2.75, 3.05) is 20.3 Å². The lowest BCUT2D eigenvalue weighted by Crippen LogP contribution is -2.42. The van der Waals surface area contributed by atoms with Crippen molar-refractivity contribution < 1.29 is 14.3 Å². The third-order valence-electron chi connectivity index (χ3n) is 2.91. The van der Waals surface area contributed by atoms with E-state index in [2.05, 4.69) is 10.6 Å². The largest absolute Gasteiger partial charge is 0.491 e.